The Balaban J connectivity index is 1.98. The fraction of sp³-hybridized carbons (Fsp3) is 0.615. The number of nitrogens with one attached hydrogen (secondary N) is 1. The van der Waals surface area contributed by atoms with Crippen molar-refractivity contribution in [1.82, 2.24) is 15.2 Å². The average molecular weight is 237 g/mol. The van der Waals surface area contributed by atoms with Crippen LogP contribution in [0, 0.1) is 5.82 Å². The number of hydrogen-bond donors (Lipinski definition) is 1. The zero-order chi connectivity index (χ0) is 12.3. The maximum absolute atomic E-state index is 12.8. The second-order valence-electron chi connectivity index (χ2n) is 4.78. The van der Waals surface area contributed by atoms with Crippen molar-refractivity contribution in [2.24, 2.45) is 0 Å². The lowest BCUT2D eigenvalue weighted by atomic mass is 10.1. The molecule has 2 rings (SSSR count). The van der Waals surface area contributed by atoms with Gasteiger partial charge in [-0.25, -0.2) is 4.39 Å². The molecule has 2 atom stereocenters. The SMILES string of the molecule is CCC(NC1CCN(C)C1)c1ccc(F)cn1. The number of rotatable bonds is 4. The van der Waals surface area contributed by atoms with E-state index in [1.807, 2.05) is 0 Å². The lowest BCUT2D eigenvalue weighted by molar-refractivity contribution is 0.376. The van der Waals surface area contributed by atoms with Crippen molar-refractivity contribution >= 4 is 0 Å². The van der Waals surface area contributed by atoms with Crippen molar-refractivity contribution in [2.75, 3.05) is 20.1 Å². The van der Waals surface area contributed by atoms with Crippen LogP contribution in [-0.4, -0.2) is 36.1 Å². The number of halogens is 1. The Kier molecular flexibility index (Phi) is 4.07. The summed E-state index contributed by atoms with van der Waals surface area (Å²) >= 11 is 0. The molecule has 0 aromatic carbocycles. The molecular formula is C13H20FN3. The van der Waals surface area contributed by atoms with Crippen LogP contribution in [-0.2, 0) is 0 Å². The zero-order valence-electron chi connectivity index (χ0n) is 10.5. The molecule has 1 aliphatic rings. The van der Waals surface area contributed by atoms with Crippen molar-refractivity contribution in [3.63, 3.8) is 0 Å². The molecule has 2 heterocycles. The third-order valence-corrected chi connectivity index (χ3v) is 3.34. The van der Waals surface area contributed by atoms with Crippen LogP contribution < -0.4 is 5.32 Å². The minimum Gasteiger partial charge on any atom is -0.305 e. The Hall–Kier alpha value is -1.00. The molecule has 1 N–H and O–H groups in total. The molecule has 3 nitrogen and oxygen atoms in total. The van der Waals surface area contributed by atoms with Crippen LogP contribution >= 0.6 is 0 Å². The summed E-state index contributed by atoms with van der Waals surface area (Å²) in [5.74, 6) is -0.274. The average Bonchev–Trinajstić information content (AvgIpc) is 2.73. The number of likely N-dealkylation sites (N-methyl/N-ethyl adjacent to an activating group) is 1. The lowest BCUT2D eigenvalue weighted by Crippen LogP contribution is -2.34. The van der Waals surface area contributed by atoms with E-state index in [0.717, 1.165) is 25.2 Å². The van der Waals surface area contributed by atoms with E-state index in [4.69, 9.17) is 0 Å². The van der Waals surface area contributed by atoms with Gasteiger partial charge in [-0.15, -0.1) is 0 Å². The molecular weight excluding hydrogens is 217 g/mol. The van der Waals surface area contributed by atoms with Crippen molar-refractivity contribution in [3.05, 3.63) is 29.8 Å². The van der Waals surface area contributed by atoms with Gasteiger partial charge in [0.15, 0.2) is 0 Å². The Morgan fingerprint density at radius 2 is 2.41 bits per heavy atom. The number of hydrogen-bond acceptors (Lipinski definition) is 3. The van der Waals surface area contributed by atoms with Crippen LogP contribution in [0.2, 0.25) is 0 Å². The zero-order valence-corrected chi connectivity index (χ0v) is 10.5. The van der Waals surface area contributed by atoms with Gasteiger partial charge in [0.25, 0.3) is 0 Å². The first kappa shape index (κ1) is 12.5. The molecule has 1 fully saturated rings. The number of nitrogens with zero attached hydrogens (tertiary/aromatic N) is 2. The van der Waals surface area contributed by atoms with Gasteiger partial charge >= 0.3 is 0 Å². The second-order valence-corrected chi connectivity index (χ2v) is 4.78. The topological polar surface area (TPSA) is 28.2 Å². The summed E-state index contributed by atoms with van der Waals surface area (Å²) < 4.78 is 12.8. The number of likely N-dealkylation sites (tertiary alicyclic amines) is 1. The first-order chi connectivity index (χ1) is 8.19. The van der Waals surface area contributed by atoms with E-state index in [0.29, 0.717) is 6.04 Å². The van der Waals surface area contributed by atoms with Crippen LogP contribution in [0.5, 0.6) is 0 Å². The van der Waals surface area contributed by atoms with Crippen molar-refractivity contribution in [2.45, 2.75) is 31.8 Å². The molecule has 1 saturated heterocycles. The third-order valence-electron chi connectivity index (χ3n) is 3.34. The number of pyridine rings is 1. The molecule has 0 amide bonds. The molecule has 0 saturated carbocycles. The summed E-state index contributed by atoms with van der Waals surface area (Å²) in [6.07, 6.45) is 3.44. The smallest absolute Gasteiger partial charge is 0.141 e. The first-order valence-corrected chi connectivity index (χ1v) is 6.25. The minimum absolute atomic E-state index is 0.229. The molecule has 0 aliphatic carbocycles. The van der Waals surface area contributed by atoms with Crippen LogP contribution in [0.4, 0.5) is 4.39 Å². The molecule has 1 aliphatic heterocycles. The summed E-state index contributed by atoms with van der Waals surface area (Å²) in [4.78, 5) is 6.48. The molecule has 4 heteroatoms. The highest BCUT2D eigenvalue weighted by molar-refractivity contribution is 5.10. The fourth-order valence-electron chi connectivity index (χ4n) is 2.36. The maximum Gasteiger partial charge on any atom is 0.141 e. The van der Waals surface area contributed by atoms with Gasteiger partial charge in [0.05, 0.1) is 11.9 Å². The molecule has 94 valence electrons. The van der Waals surface area contributed by atoms with Crippen LogP contribution in [0.15, 0.2) is 18.3 Å². The molecule has 0 spiro atoms. The highest BCUT2D eigenvalue weighted by atomic mass is 19.1. The molecule has 1 aromatic rings. The first-order valence-electron chi connectivity index (χ1n) is 6.25. The molecule has 0 bridgehead atoms. The third kappa shape index (κ3) is 3.23. The monoisotopic (exact) mass is 237 g/mol. The Morgan fingerprint density at radius 1 is 1.59 bits per heavy atom. The van der Waals surface area contributed by atoms with E-state index >= 15 is 0 Å². The van der Waals surface area contributed by atoms with Gasteiger partial charge in [-0.05, 0) is 38.6 Å². The van der Waals surface area contributed by atoms with Crippen LogP contribution in [0.1, 0.15) is 31.5 Å². The van der Waals surface area contributed by atoms with Crippen molar-refractivity contribution < 1.29 is 4.39 Å². The normalized spacial score (nSPS) is 22.9. The summed E-state index contributed by atoms with van der Waals surface area (Å²) in [6.45, 7) is 4.35. The van der Waals surface area contributed by atoms with E-state index < -0.39 is 0 Å². The molecule has 1 aromatic heterocycles. The molecule has 0 radical (unpaired) electrons. The van der Waals surface area contributed by atoms with Gasteiger partial charge in [0.2, 0.25) is 0 Å². The van der Waals surface area contributed by atoms with Gasteiger partial charge in [-0.3, -0.25) is 4.98 Å². The van der Waals surface area contributed by atoms with Crippen molar-refractivity contribution in [1.29, 1.82) is 0 Å². The van der Waals surface area contributed by atoms with Crippen LogP contribution in [0.25, 0.3) is 0 Å². The standard InChI is InChI=1S/C13H20FN3/c1-3-12(13-5-4-10(14)8-15-13)16-11-6-7-17(2)9-11/h4-5,8,11-12,16H,3,6-7,9H2,1-2H3. The van der Waals surface area contributed by atoms with Gasteiger partial charge in [-0.1, -0.05) is 6.92 Å². The van der Waals surface area contributed by atoms with E-state index in [2.05, 4.69) is 29.2 Å². The fourth-order valence-corrected chi connectivity index (χ4v) is 2.36. The molecule has 17 heavy (non-hydrogen) atoms. The van der Waals surface area contributed by atoms with E-state index in [1.54, 1.807) is 6.07 Å². The molecule has 2 unspecified atom stereocenters. The second kappa shape index (κ2) is 5.56. The summed E-state index contributed by atoms with van der Waals surface area (Å²) in [7, 11) is 2.14. The largest absolute Gasteiger partial charge is 0.305 e. The van der Waals surface area contributed by atoms with Gasteiger partial charge in [0, 0.05) is 18.6 Å². The van der Waals surface area contributed by atoms with Gasteiger partial charge in [0.1, 0.15) is 5.82 Å². The van der Waals surface area contributed by atoms with Crippen LogP contribution in [0.3, 0.4) is 0 Å². The highest BCUT2D eigenvalue weighted by Crippen LogP contribution is 2.18. The van der Waals surface area contributed by atoms with Gasteiger partial charge < -0.3 is 10.2 Å². The minimum atomic E-state index is -0.274. The summed E-state index contributed by atoms with van der Waals surface area (Å²) in [6, 6.07) is 4.01. The quantitative estimate of drug-likeness (QED) is 0.867. The number of aromatic nitrogens is 1. The predicted octanol–water partition coefficient (Wildman–Crippen LogP) is 1.97. The summed E-state index contributed by atoms with van der Waals surface area (Å²) in [5.41, 5.74) is 0.934. The Bertz CT molecular complexity index is 352. The predicted molar refractivity (Wildman–Crippen MR) is 66.3 cm³/mol. The van der Waals surface area contributed by atoms with Gasteiger partial charge in [-0.2, -0.15) is 0 Å². The lowest BCUT2D eigenvalue weighted by Gasteiger charge is -2.21. The Labute approximate surface area is 102 Å². The summed E-state index contributed by atoms with van der Waals surface area (Å²) in [5, 5.41) is 3.61. The highest BCUT2D eigenvalue weighted by Gasteiger charge is 2.22. The van der Waals surface area contributed by atoms with Crippen molar-refractivity contribution in [3.8, 4) is 0 Å². The van der Waals surface area contributed by atoms with E-state index in [1.165, 1.54) is 18.7 Å². The Morgan fingerprint density at radius 3 is 2.94 bits per heavy atom. The van der Waals surface area contributed by atoms with E-state index in [-0.39, 0.29) is 11.9 Å². The van der Waals surface area contributed by atoms with E-state index in [9.17, 15) is 4.39 Å². The maximum atomic E-state index is 12.8.